The predicted molar refractivity (Wildman–Crippen MR) is 116 cm³/mol. The number of carbonyl (C=O) groups is 3. The SMILES string of the molecule is Cc1sc(NC(=O)CN(Cc2ccccc2)C(=O)c2ccncc2)c(C(N)=O)c1C. The number of hydrogen-bond donors (Lipinski definition) is 2. The van der Waals surface area contributed by atoms with Crippen molar-refractivity contribution in [1.29, 1.82) is 0 Å². The Bertz CT molecular complexity index is 1060. The van der Waals surface area contributed by atoms with Gasteiger partial charge in [-0.2, -0.15) is 0 Å². The van der Waals surface area contributed by atoms with Gasteiger partial charge in [0.1, 0.15) is 11.5 Å². The molecule has 3 aromatic rings. The zero-order valence-corrected chi connectivity index (χ0v) is 17.5. The first-order valence-electron chi connectivity index (χ1n) is 9.29. The molecule has 8 heteroatoms. The lowest BCUT2D eigenvalue weighted by molar-refractivity contribution is -0.117. The zero-order valence-electron chi connectivity index (χ0n) is 16.7. The molecule has 0 radical (unpaired) electrons. The van der Waals surface area contributed by atoms with Crippen LogP contribution in [0.3, 0.4) is 0 Å². The van der Waals surface area contributed by atoms with Gasteiger partial charge in [0.2, 0.25) is 5.91 Å². The number of carbonyl (C=O) groups excluding carboxylic acids is 3. The van der Waals surface area contributed by atoms with Crippen molar-refractivity contribution in [3.8, 4) is 0 Å². The van der Waals surface area contributed by atoms with Gasteiger partial charge in [-0.1, -0.05) is 30.3 Å². The molecule has 7 nitrogen and oxygen atoms in total. The molecule has 0 saturated heterocycles. The highest BCUT2D eigenvalue weighted by atomic mass is 32.1. The summed E-state index contributed by atoms with van der Waals surface area (Å²) in [6.07, 6.45) is 3.06. The number of nitrogens with zero attached hydrogens (tertiary/aromatic N) is 2. The minimum Gasteiger partial charge on any atom is -0.365 e. The quantitative estimate of drug-likeness (QED) is 0.610. The van der Waals surface area contributed by atoms with Crippen molar-refractivity contribution in [2.75, 3.05) is 11.9 Å². The second-order valence-corrected chi connectivity index (χ2v) is 8.01. The maximum absolute atomic E-state index is 13.0. The Morgan fingerprint density at radius 2 is 1.73 bits per heavy atom. The number of nitrogens with two attached hydrogens (primary N) is 1. The van der Waals surface area contributed by atoms with Crippen molar-refractivity contribution in [1.82, 2.24) is 9.88 Å². The van der Waals surface area contributed by atoms with Gasteiger partial charge in [-0.3, -0.25) is 19.4 Å². The number of rotatable bonds is 7. The third-order valence-electron chi connectivity index (χ3n) is 4.65. The minimum absolute atomic E-state index is 0.176. The lowest BCUT2D eigenvalue weighted by Crippen LogP contribution is -2.37. The topological polar surface area (TPSA) is 105 Å². The molecule has 0 atom stereocenters. The van der Waals surface area contributed by atoms with E-state index in [0.717, 1.165) is 16.0 Å². The summed E-state index contributed by atoms with van der Waals surface area (Å²) < 4.78 is 0. The van der Waals surface area contributed by atoms with Crippen LogP contribution in [0.15, 0.2) is 54.9 Å². The molecule has 0 spiro atoms. The summed E-state index contributed by atoms with van der Waals surface area (Å²) in [5, 5.41) is 3.15. The number of amides is 3. The van der Waals surface area contributed by atoms with Crippen molar-refractivity contribution in [3.63, 3.8) is 0 Å². The maximum Gasteiger partial charge on any atom is 0.254 e. The Kier molecular flexibility index (Phi) is 6.58. The number of anilines is 1. The van der Waals surface area contributed by atoms with Gasteiger partial charge in [0.15, 0.2) is 0 Å². The van der Waals surface area contributed by atoms with Crippen LogP contribution in [0.25, 0.3) is 0 Å². The summed E-state index contributed by atoms with van der Waals surface area (Å²) in [4.78, 5) is 43.9. The number of benzene rings is 1. The van der Waals surface area contributed by atoms with Crippen molar-refractivity contribution < 1.29 is 14.4 Å². The van der Waals surface area contributed by atoms with Crippen LogP contribution in [-0.4, -0.2) is 34.2 Å². The Hall–Kier alpha value is -3.52. The second-order valence-electron chi connectivity index (χ2n) is 6.78. The monoisotopic (exact) mass is 422 g/mol. The van der Waals surface area contributed by atoms with Gasteiger partial charge in [-0.25, -0.2) is 0 Å². The van der Waals surface area contributed by atoms with Gasteiger partial charge in [0.25, 0.3) is 11.8 Å². The van der Waals surface area contributed by atoms with Crippen molar-refractivity contribution in [2.24, 2.45) is 5.73 Å². The van der Waals surface area contributed by atoms with Gasteiger partial charge in [0, 0.05) is 29.4 Å². The summed E-state index contributed by atoms with van der Waals surface area (Å²) in [5.41, 5.74) is 7.87. The van der Waals surface area contributed by atoms with Crippen LogP contribution in [-0.2, 0) is 11.3 Å². The Morgan fingerprint density at radius 1 is 1.07 bits per heavy atom. The van der Waals surface area contributed by atoms with E-state index in [1.807, 2.05) is 37.3 Å². The van der Waals surface area contributed by atoms with E-state index >= 15 is 0 Å². The van der Waals surface area contributed by atoms with Gasteiger partial charge < -0.3 is 16.0 Å². The number of hydrogen-bond acceptors (Lipinski definition) is 5. The van der Waals surface area contributed by atoms with Crippen LogP contribution < -0.4 is 11.1 Å². The fraction of sp³-hybridized carbons (Fsp3) is 0.182. The van der Waals surface area contributed by atoms with Crippen LogP contribution in [0.4, 0.5) is 5.00 Å². The lowest BCUT2D eigenvalue weighted by Gasteiger charge is -2.22. The highest BCUT2D eigenvalue weighted by Crippen LogP contribution is 2.32. The third kappa shape index (κ3) is 4.90. The number of aromatic nitrogens is 1. The molecular formula is C22H22N4O3S. The van der Waals surface area contributed by atoms with Crippen LogP contribution in [0.5, 0.6) is 0 Å². The zero-order chi connectivity index (χ0) is 21.7. The highest BCUT2D eigenvalue weighted by molar-refractivity contribution is 7.16. The first kappa shape index (κ1) is 21.2. The van der Waals surface area contributed by atoms with Crippen LogP contribution >= 0.6 is 11.3 Å². The largest absolute Gasteiger partial charge is 0.365 e. The van der Waals surface area contributed by atoms with Gasteiger partial charge in [-0.05, 0) is 37.1 Å². The summed E-state index contributed by atoms with van der Waals surface area (Å²) in [6.45, 7) is 3.73. The summed E-state index contributed by atoms with van der Waals surface area (Å²) in [5.74, 6) is -1.29. The van der Waals surface area contributed by atoms with E-state index in [1.165, 1.54) is 28.6 Å². The summed E-state index contributed by atoms with van der Waals surface area (Å²) in [7, 11) is 0. The van der Waals surface area contributed by atoms with E-state index in [2.05, 4.69) is 10.3 Å². The van der Waals surface area contributed by atoms with Gasteiger partial charge >= 0.3 is 0 Å². The molecule has 0 saturated carbocycles. The third-order valence-corrected chi connectivity index (χ3v) is 5.77. The summed E-state index contributed by atoms with van der Waals surface area (Å²) >= 11 is 1.29. The molecule has 3 N–H and O–H groups in total. The van der Waals surface area contributed by atoms with Crippen LogP contribution in [0, 0.1) is 13.8 Å². The second kappa shape index (κ2) is 9.32. The number of primary amides is 1. The Morgan fingerprint density at radius 3 is 2.37 bits per heavy atom. The smallest absolute Gasteiger partial charge is 0.254 e. The van der Waals surface area contributed by atoms with Crippen molar-refractivity contribution in [3.05, 3.63) is 82.0 Å². The molecule has 154 valence electrons. The fourth-order valence-electron chi connectivity index (χ4n) is 3.03. The maximum atomic E-state index is 13.0. The molecule has 0 unspecified atom stereocenters. The first-order chi connectivity index (χ1) is 14.4. The standard InChI is InChI=1S/C22H22N4O3S/c1-14-15(2)30-21(19(14)20(23)28)25-18(27)13-26(12-16-6-4-3-5-7-16)22(29)17-8-10-24-11-9-17/h3-11H,12-13H2,1-2H3,(H2,23,28)(H,25,27). The number of pyridine rings is 1. The molecule has 0 bridgehead atoms. The average molecular weight is 423 g/mol. The van der Waals surface area contributed by atoms with E-state index in [0.29, 0.717) is 16.1 Å². The van der Waals surface area contributed by atoms with E-state index < -0.39 is 11.8 Å². The van der Waals surface area contributed by atoms with Crippen LogP contribution in [0.1, 0.15) is 36.7 Å². The lowest BCUT2D eigenvalue weighted by atomic mass is 10.1. The normalized spacial score (nSPS) is 10.5. The number of aryl methyl sites for hydroxylation is 1. The minimum atomic E-state index is -0.596. The molecule has 0 aliphatic rings. The Labute approximate surface area is 178 Å². The molecule has 1 aromatic carbocycles. The van der Waals surface area contributed by atoms with Gasteiger partial charge in [-0.15, -0.1) is 11.3 Å². The predicted octanol–water partition coefficient (Wildman–Crippen LogP) is 3.14. The van der Waals surface area contributed by atoms with Crippen molar-refractivity contribution in [2.45, 2.75) is 20.4 Å². The van der Waals surface area contributed by atoms with E-state index in [9.17, 15) is 14.4 Å². The van der Waals surface area contributed by atoms with E-state index in [1.54, 1.807) is 19.1 Å². The molecule has 30 heavy (non-hydrogen) atoms. The van der Waals surface area contributed by atoms with Gasteiger partial charge in [0.05, 0.1) is 5.56 Å². The number of thiophene rings is 1. The van der Waals surface area contributed by atoms with Crippen LogP contribution in [0.2, 0.25) is 0 Å². The average Bonchev–Trinajstić information content (AvgIpc) is 3.01. The molecule has 2 aromatic heterocycles. The molecule has 0 fully saturated rings. The summed E-state index contributed by atoms with van der Waals surface area (Å²) in [6, 6.07) is 12.6. The highest BCUT2D eigenvalue weighted by Gasteiger charge is 2.22. The molecule has 3 rings (SSSR count). The molecule has 3 amide bonds. The molecule has 2 heterocycles. The fourth-order valence-corrected chi connectivity index (χ4v) is 4.11. The van der Waals surface area contributed by atoms with E-state index in [-0.39, 0.29) is 19.0 Å². The van der Waals surface area contributed by atoms with Crippen molar-refractivity contribution >= 4 is 34.1 Å². The van der Waals surface area contributed by atoms with E-state index in [4.69, 9.17) is 5.73 Å². The molecular weight excluding hydrogens is 400 g/mol. The molecule has 0 aliphatic heterocycles. The Balaban J connectivity index is 1.82. The molecule has 0 aliphatic carbocycles. The number of nitrogens with one attached hydrogen (secondary N) is 1. The first-order valence-corrected chi connectivity index (χ1v) is 10.1.